The maximum atomic E-state index is 15.6. The van der Waals surface area contributed by atoms with Crippen LogP contribution in [0.5, 0.6) is 0 Å². The second-order valence-electron chi connectivity index (χ2n) is 31.4. The summed E-state index contributed by atoms with van der Waals surface area (Å²) in [6.45, 7) is 6.02. The molecule has 4 heterocycles. The van der Waals surface area contributed by atoms with Crippen LogP contribution in [0.4, 0.5) is 26.3 Å². The van der Waals surface area contributed by atoms with Gasteiger partial charge in [-0.05, 0) is 140 Å². The molecule has 4 saturated carbocycles. The van der Waals surface area contributed by atoms with E-state index in [2.05, 4.69) is 16.0 Å². The lowest BCUT2D eigenvalue weighted by Crippen LogP contribution is -2.68. The zero-order valence-electron chi connectivity index (χ0n) is 63.7. The Morgan fingerprint density at radius 2 is 1.25 bits per heavy atom. The van der Waals surface area contributed by atoms with E-state index in [4.69, 9.17) is 9.47 Å². The molecule has 8 rings (SSSR count). The highest BCUT2D eigenvalue weighted by atomic mass is 19.4. The van der Waals surface area contributed by atoms with Gasteiger partial charge in [0.15, 0.2) is 0 Å². The van der Waals surface area contributed by atoms with Crippen LogP contribution < -0.4 is 16.0 Å². The van der Waals surface area contributed by atoms with Gasteiger partial charge in [-0.2, -0.15) is 13.2 Å². The molecule has 2 bridgehead atoms. The number of morpholine rings is 1. The summed E-state index contributed by atoms with van der Waals surface area (Å²) in [4.78, 5) is 193. The van der Waals surface area contributed by atoms with Crippen LogP contribution in [0.1, 0.15) is 182 Å². The highest BCUT2D eigenvalue weighted by Gasteiger charge is 2.56. The average molecular weight is 1510 g/mol. The van der Waals surface area contributed by atoms with Gasteiger partial charge in [0.25, 0.3) is 0 Å². The van der Waals surface area contributed by atoms with Gasteiger partial charge in [-0.1, -0.05) is 52.9 Å². The zero-order chi connectivity index (χ0) is 77.8. The predicted molar refractivity (Wildman–Crippen MR) is 376 cm³/mol. The van der Waals surface area contributed by atoms with Crippen LogP contribution in [0.25, 0.3) is 0 Å². The second-order valence-corrected chi connectivity index (χ2v) is 31.4. The molecule has 12 amide bonds. The van der Waals surface area contributed by atoms with Gasteiger partial charge in [0.2, 0.25) is 70.9 Å². The lowest BCUT2D eigenvalue weighted by molar-refractivity contribution is -0.219. The number of halogens is 6. The van der Waals surface area contributed by atoms with Crippen LogP contribution >= 0.6 is 0 Å². The number of likely N-dealkylation sites (N-methyl/N-ethyl adjacent to an activating group) is 6. The lowest BCUT2D eigenvalue weighted by Gasteiger charge is -2.47. The first kappa shape index (κ1) is 84.8. The van der Waals surface area contributed by atoms with Gasteiger partial charge in [0.1, 0.15) is 78.3 Å². The molecule has 0 aromatic carbocycles. The summed E-state index contributed by atoms with van der Waals surface area (Å²) in [5, 5.41) is 8.51. The van der Waals surface area contributed by atoms with Gasteiger partial charge in [-0.15, -0.1) is 0 Å². The van der Waals surface area contributed by atoms with E-state index in [1.165, 1.54) is 66.8 Å². The summed E-state index contributed by atoms with van der Waals surface area (Å²) in [7, 11) is 8.30. The van der Waals surface area contributed by atoms with Crippen LogP contribution in [-0.4, -0.2) is 301 Å². The Kier molecular flexibility index (Phi) is 30.0. The third-order valence-electron chi connectivity index (χ3n) is 24.3. The summed E-state index contributed by atoms with van der Waals surface area (Å²) in [6.07, 6.45) is -9.09. The maximum absolute atomic E-state index is 15.6. The number of hydrogen-bond acceptors (Lipinski definition) is 14. The lowest BCUT2D eigenvalue weighted by atomic mass is 9.74. The molecule has 8 fully saturated rings. The Bertz CT molecular complexity index is 3100. The Balaban J connectivity index is 1.19. The molecule has 3 N–H and O–H groups in total. The van der Waals surface area contributed by atoms with Crippen LogP contribution in [0.2, 0.25) is 0 Å². The fourth-order valence-electron chi connectivity index (χ4n) is 17.4. The SMILES string of the molecule is CCO[C@@H]1C[C@H]2C(=O)NC3(CCC3)C(=O)N(C)[C@@H](C3CCCC3)C(=O)N(C)[C@H](C(=O)N3CCOCC3)CC(=O)N(C)[C@@H](CC)C(=O)N[C@@H]([C@@H](C)CC)C(=O)N(C)CC(=O)N(C)[C@H]3CCCCCN(C3=O)[C@@H](CC3CCC(F)CC3)C(=O)N(C)CC(=O)N[C@@H](CCC3CC(F)C(C(F)(F)F)C(F)C3)C(=O)N2C1. The van der Waals surface area contributed by atoms with Crippen molar-refractivity contribution in [2.75, 3.05) is 101 Å². The molecule has 4 saturated heterocycles. The number of alkyl halides is 6. The van der Waals surface area contributed by atoms with Gasteiger partial charge in [0.05, 0.1) is 38.8 Å². The predicted octanol–water partition coefficient (Wildman–Crippen LogP) is 4.87. The van der Waals surface area contributed by atoms with E-state index < -0.39 is 218 Å². The number of fused-ring (bicyclic) bond motifs is 3. The Morgan fingerprint density at radius 3 is 1.84 bits per heavy atom. The number of ether oxygens (including phenoxy) is 2. The molecular weight excluding hydrogens is 1390 g/mol. The topological polar surface area (TPSA) is 289 Å². The number of hydrogen-bond donors (Lipinski definition) is 3. The minimum Gasteiger partial charge on any atom is -0.378 e. The minimum absolute atomic E-state index is 0.0260. The van der Waals surface area contributed by atoms with Crippen LogP contribution in [0, 0.1) is 29.6 Å². The molecule has 0 aromatic heterocycles. The number of nitrogens with one attached hydrogen (secondary N) is 3. The first-order valence-electron chi connectivity index (χ1n) is 38.7. The van der Waals surface area contributed by atoms with E-state index in [0.29, 0.717) is 70.6 Å². The molecule has 4 aliphatic heterocycles. The monoisotopic (exact) mass is 1510 g/mol. The molecule has 8 aliphatic rings. The van der Waals surface area contributed by atoms with Crippen molar-refractivity contribution in [3.8, 4) is 0 Å². The maximum Gasteiger partial charge on any atom is 0.397 e. The molecule has 26 nitrogen and oxygen atoms in total. The van der Waals surface area contributed by atoms with Gasteiger partial charge in [0, 0.05) is 81.5 Å². The standard InChI is InChI=1S/C74H116F6N12O14/c1-11-44(4)62-70(102)85(6)43-60(95)87(8)54-22-15-14-18-31-91(69(54)101)57(38-45-23-26-48(75)27-24-45)67(99)84(5)42-58(93)81-52(28-25-46-36-50(76)61(51(77)37-46)74(78,79)80)66(98)92-41-49(106-13-3)39-55(92)65(97)83-73(29-19-30-73)72(104)89(10)63(47-20-16-17-21-47)71(103)88(9)56(68(100)90-32-34-105-35-33-90)40-59(94)86(7)53(12-2)64(96)82-62/h44-57,61-63H,11-43H2,1-10H3,(H,81,93)(H,82,96)(H,83,97)/t44-,45?,46?,48?,49+,50?,51?,52-,53-,54-,55-,56-,57-,61?,62-,63-/m0/s1. The molecule has 4 aliphatic carbocycles. The van der Waals surface area contributed by atoms with Gasteiger partial charge >= 0.3 is 6.18 Å². The van der Waals surface area contributed by atoms with Crippen molar-refractivity contribution >= 4 is 70.9 Å². The van der Waals surface area contributed by atoms with Crippen molar-refractivity contribution in [2.24, 2.45) is 29.6 Å². The van der Waals surface area contributed by atoms with E-state index in [-0.39, 0.29) is 110 Å². The summed E-state index contributed by atoms with van der Waals surface area (Å²) in [5.41, 5.74) is -1.66. The molecular formula is C74H116F6N12O14. The number of nitrogens with zero attached hydrogens (tertiary/aromatic N) is 9. The van der Waals surface area contributed by atoms with E-state index in [1.807, 2.05) is 0 Å². The van der Waals surface area contributed by atoms with E-state index in [1.54, 1.807) is 27.7 Å². The molecule has 1 spiro atoms. The normalized spacial score (nSPS) is 32.9. The molecule has 0 aromatic rings. The first-order chi connectivity index (χ1) is 50.2. The highest BCUT2D eigenvalue weighted by Crippen LogP contribution is 2.45. The van der Waals surface area contributed by atoms with E-state index >= 15 is 37.5 Å². The summed E-state index contributed by atoms with van der Waals surface area (Å²) in [6, 6.07) is -10.8. The average Bonchev–Trinajstić information content (AvgIpc) is 1.65. The third-order valence-corrected chi connectivity index (χ3v) is 24.3. The summed E-state index contributed by atoms with van der Waals surface area (Å²) >= 11 is 0. The fourth-order valence-corrected chi connectivity index (χ4v) is 17.4. The zero-order valence-corrected chi connectivity index (χ0v) is 63.7. The van der Waals surface area contributed by atoms with Crippen molar-refractivity contribution in [1.29, 1.82) is 0 Å². The number of amides is 12. The van der Waals surface area contributed by atoms with Crippen LogP contribution in [-0.2, 0) is 67.0 Å². The van der Waals surface area contributed by atoms with Crippen molar-refractivity contribution in [1.82, 2.24) is 60.0 Å². The molecule has 106 heavy (non-hydrogen) atoms. The molecule has 2 unspecified atom stereocenters. The van der Waals surface area contributed by atoms with Crippen molar-refractivity contribution in [2.45, 2.75) is 266 Å². The first-order valence-corrected chi connectivity index (χ1v) is 38.7. The second kappa shape index (κ2) is 37.5. The van der Waals surface area contributed by atoms with Crippen molar-refractivity contribution in [3.63, 3.8) is 0 Å². The molecule has 32 heteroatoms. The number of rotatable bonds is 12. The number of carbonyl (C=O) groups excluding carboxylic acids is 12. The summed E-state index contributed by atoms with van der Waals surface area (Å²) in [5.74, 6) is -13.9. The fraction of sp³-hybridized carbons (Fsp3) is 0.838. The number of carbonyl (C=O) groups is 12. The quantitative estimate of drug-likeness (QED) is 0.220. The largest absolute Gasteiger partial charge is 0.397 e. The van der Waals surface area contributed by atoms with E-state index in [9.17, 15) is 46.3 Å². The summed E-state index contributed by atoms with van der Waals surface area (Å²) < 4.78 is 99.2. The van der Waals surface area contributed by atoms with Gasteiger partial charge in [-0.25, -0.2) is 13.2 Å². The Labute approximate surface area is 619 Å². The van der Waals surface area contributed by atoms with Crippen molar-refractivity contribution in [3.05, 3.63) is 0 Å². The minimum atomic E-state index is -5.19. The molecule has 0 radical (unpaired) electrons. The Hall–Kier alpha value is -6.86. The van der Waals surface area contributed by atoms with Crippen LogP contribution in [0.15, 0.2) is 0 Å². The molecule has 12 atom stereocenters. The van der Waals surface area contributed by atoms with Gasteiger partial charge < -0.3 is 69.5 Å². The molecule has 598 valence electrons. The van der Waals surface area contributed by atoms with Crippen LogP contribution in [0.3, 0.4) is 0 Å². The van der Waals surface area contributed by atoms with Gasteiger partial charge in [-0.3, -0.25) is 57.5 Å². The highest BCUT2D eigenvalue weighted by molar-refractivity contribution is 6.01. The van der Waals surface area contributed by atoms with E-state index in [0.717, 1.165) is 19.6 Å². The smallest absolute Gasteiger partial charge is 0.378 e. The Morgan fingerprint density at radius 1 is 0.613 bits per heavy atom. The third kappa shape index (κ3) is 20.1. The van der Waals surface area contributed by atoms with Crippen molar-refractivity contribution < 1.29 is 93.4 Å².